The van der Waals surface area contributed by atoms with Gasteiger partial charge in [0.05, 0.1) is 13.2 Å². The van der Waals surface area contributed by atoms with Crippen LogP contribution in [-0.2, 0) is 23.7 Å². The van der Waals surface area contributed by atoms with E-state index in [1.165, 1.54) is 0 Å². The first kappa shape index (κ1) is 19.3. The molecule has 120 valence electrons. The van der Waals surface area contributed by atoms with Crippen molar-refractivity contribution in [3.05, 3.63) is 0 Å². The van der Waals surface area contributed by atoms with Gasteiger partial charge in [0.1, 0.15) is 13.6 Å². The topological polar surface area (TPSA) is 57.2 Å². The van der Waals surface area contributed by atoms with Gasteiger partial charge in [0.15, 0.2) is 0 Å². The molecule has 0 aromatic carbocycles. The highest BCUT2D eigenvalue weighted by atomic mass is 16.7. The van der Waals surface area contributed by atoms with Gasteiger partial charge in [-0.05, 0) is 12.3 Å². The number of carbonyl (C=O) groups excluding carboxylic acids is 1. The number of amides is 1. The van der Waals surface area contributed by atoms with Gasteiger partial charge in [-0.3, -0.25) is 4.79 Å². The van der Waals surface area contributed by atoms with Crippen molar-refractivity contribution in [1.29, 1.82) is 0 Å². The summed E-state index contributed by atoms with van der Waals surface area (Å²) in [4.78, 5) is 13.9. The third-order valence-electron chi connectivity index (χ3n) is 2.70. The van der Waals surface area contributed by atoms with Gasteiger partial charge in [-0.1, -0.05) is 13.8 Å². The SMILES string of the molecule is COCOCCN(CCOCOC)C(=O)CCC(C)C. The Labute approximate surface area is 122 Å². The van der Waals surface area contributed by atoms with E-state index in [4.69, 9.17) is 18.9 Å². The Kier molecular flexibility index (Phi) is 12.8. The third kappa shape index (κ3) is 11.2. The standard InChI is InChI=1S/C14H29NO5/c1-13(2)5-6-14(16)15(7-9-19-11-17-3)8-10-20-12-18-4/h13H,5-12H2,1-4H3. The van der Waals surface area contributed by atoms with Crippen molar-refractivity contribution < 1.29 is 23.7 Å². The molecule has 0 spiro atoms. The van der Waals surface area contributed by atoms with Crippen molar-refractivity contribution in [2.24, 2.45) is 5.92 Å². The van der Waals surface area contributed by atoms with E-state index >= 15 is 0 Å². The number of methoxy groups -OCH3 is 2. The minimum atomic E-state index is 0.140. The van der Waals surface area contributed by atoms with Crippen molar-refractivity contribution in [2.75, 3.05) is 54.1 Å². The number of nitrogens with zero attached hydrogens (tertiary/aromatic N) is 1. The van der Waals surface area contributed by atoms with Crippen molar-refractivity contribution in [3.8, 4) is 0 Å². The summed E-state index contributed by atoms with van der Waals surface area (Å²) in [6, 6.07) is 0. The Bertz CT molecular complexity index is 224. The maximum Gasteiger partial charge on any atom is 0.222 e. The normalized spacial score (nSPS) is 11.1. The molecule has 1 amide bonds. The molecule has 0 unspecified atom stereocenters. The first-order valence-corrected chi connectivity index (χ1v) is 7.03. The molecule has 0 fully saturated rings. The van der Waals surface area contributed by atoms with E-state index < -0.39 is 0 Å². The second kappa shape index (κ2) is 13.3. The summed E-state index contributed by atoms with van der Waals surface area (Å²) in [5.74, 6) is 0.663. The van der Waals surface area contributed by atoms with Gasteiger partial charge in [-0.25, -0.2) is 0 Å². The van der Waals surface area contributed by atoms with E-state index in [-0.39, 0.29) is 19.5 Å². The molecule has 0 aromatic heterocycles. The monoisotopic (exact) mass is 291 g/mol. The van der Waals surface area contributed by atoms with Crippen LogP contribution in [0.3, 0.4) is 0 Å². The highest BCUT2D eigenvalue weighted by Gasteiger charge is 2.13. The molecule has 0 aromatic rings. The molecule has 0 saturated carbocycles. The molecule has 0 aliphatic carbocycles. The smallest absolute Gasteiger partial charge is 0.222 e. The van der Waals surface area contributed by atoms with Gasteiger partial charge in [-0.15, -0.1) is 0 Å². The van der Waals surface area contributed by atoms with E-state index in [9.17, 15) is 4.79 Å². The fourth-order valence-corrected chi connectivity index (χ4v) is 1.57. The van der Waals surface area contributed by atoms with E-state index in [1.807, 2.05) is 0 Å². The molecule has 0 aliphatic heterocycles. The fourth-order valence-electron chi connectivity index (χ4n) is 1.57. The fraction of sp³-hybridized carbons (Fsp3) is 0.929. The Morgan fingerprint density at radius 2 is 1.50 bits per heavy atom. The second-order valence-corrected chi connectivity index (χ2v) is 4.94. The molecule has 0 heterocycles. The highest BCUT2D eigenvalue weighted by Crippen LogP contribution is 2.06. The third-order valence-corrected chi connectivity index (χ3v) is 2.70. The van der Waals surface area contributed by atoms with E-state index in [2.05, 4.69) is 13.8 Å². The summed E-state index contributed by atoms with van der Waals surface area (Å²) in [6.45, 7) is 6.74. The predicted octanol–water partition coefficient (Wildman–Crippen LogP) is 1.49. The maximum atomic E-state index is 12.1. The summed E-state index contributed by atoms with van der Waals surface area (Å²) >= 11 is 0. The molecule has 0 radical (unpaired) electrons. The Morgan fingerprint density at radius 1 is 1.00 bits per heavy atom. The van der Waals surface area contributed by atoms with Crippen molar-refractivity contribution in [1.82, 2.24) is 4.90 Å². The van der Waals surface area contributed by atoms with Crippen LogP contribution in [0.4, 0.5) is 0 Å². The molecule has 0 aliphatic rings. The number of rotatable bonds is 13. The first-order chi connectivity index (χ1) is 9.61. The lowest BCUT2D eigenvalue weighted by Gasteiger charge is -2.23. The predicted molar refractivity (Wildman–Crippen MR) is 76.3 cm³/mol. The molecule has 6 heteroatoms. The average molecular weight is 291 g/mol. The Hall–Kier alpha value is -0.690. The van der Waals surface area contributed by atoms with Crippen LogP contribution in [0.1, 0.15) is 26.7 Å². The minimum absolute atomic E-state index is 0.140. The largest absolute Gasteiger partial charge is 0.359 e. The van der Waals surface area contributed by atoms with Crippen molar-refractivity contribution in [3.63, 3.8) is 0 Å². The van der Waals surface area contributed by atoms with Gasteiger partial charge in [0.2, 0.25) is 5.91 Å². The zero-order valence-electron chi connectivity index (χ0n) is 13.2. The van der Waals surface area contributed by atoms with Crippen molar-refractivity contribution >= 4 is 5.91 Å². The summed E-state index contributed by atoms with van der Waals surface area (Å²) in [5, 5.41) is 0. The number of carbonyl (C=O) groups is 1. The van der Waals surface area contributed by atoms with Crippen molar-refractivity contribution in [2.45, 2.75) is 26.7 Å². The van der Waals surface area contributed by atoms with Gasteiger partial charge in [-0.2, -0.15) is 0 Å². The zero-order chi connectivity index (χ0) is 15.2. The van der Waals surface area contributed by atoms with Gasteiger partial charge < -0.3 is 23.8 Å². The quantitative estimate of drug-likeness (QED) is 0.380. The molecule has 0 rings (SSSR count). The lowest BCUT2D eigenvalue weighted by Crippen LogP contribution is -2.37. The molecule has 20 heavy (non-hydrogen) atoms. The van der Waals surface area contributed by atoms with Gasteiger partial charge >= 0.3 is 0 Å². The van der Waals surface area contributed by atoms with E-state index in [0.717, 1.165) is 6.42 Å². The number of ether oxygens (including phenoxy) is 4. The molecule has 6 nitrogen and oxygen atoms in total. The second-order valence-electron chi connectivity index (χ2n) is 4.94. The molecule has 0 atom stereocenters. The van der Waals surface area contributed by atoms with Crippen LogP contribution in [0.2, 0.25) is 0 Å². The van der Waals surface area contributed by atoms with Gasteiger partial charge in [0.25, 0.3) is 0 Å². The summed E-state index contributed by atoms with van der Waals surface area (Å²) in [7, 11) is 3.15. The van der Waals surface area contributed by atoms with E-state index in [0.29, 0.717) is 38.6 Å². The molecule has 0 bridgehead atoms. The summed E-state index contributed by atoms with van der Waals surface area (Å²) < 4.78 is 20.1. The average Bonchev–Trinajstić information content (AvgIpc) is 2.43. The Balaban J connectivity index is 4.04. The Morgan fingerprint density at radius 3 is 1.90 bits per heavy atom. The van der Waals surface area contributed by atoms with Crippen LogP contribution in [0.5, 0.6) is 0 Å². The zero-order valence-corrected chi connectivity index (χ0v) is 13.2. The molecular formula is C14H29NO5. The lowest BCUT2D eigenvalue weighted by atomic mass is 10.1. The van der Waals surface area contributed by atoms with Crippen LogP contribution in [0.15, 0.2) is 0 Å². The number of hydrogen-bond acceptors (Lipinski definition) is 5. The molecule has 0 saturated heterocycles. The molecular weight excluding hydrogens is 262 g/mol. The summed E-state index contributed by atoms with van der Waals surface area (Å²) in [5.41, 5.74) is 0. The maximum absolute atomic E-state index is 12.1. The number of hydrogen-bond donors (Lipinski definition) is 0. The van der Waals surface area contributed by atoms with E-state index in [1.54, 1.807) is 19.1 Å². The van der Waals surface area contributed by atoms with Crippen LogP contribution < -0.4 is 0 Å². The van der Waals surface area contributed by atoms with Gasteiger partial charge in [0, 0.05) is 33.7 Å². The lowest BCUT2D eigenvalue weighted by molar-refractivity contribution is -0.134. The first-order valence-electron chi connectivity index (χ1n) is 7.03. The van der Waals surface area contributed by atoms with Crippen LogP contribution in [0, 0.1) is 5.92 Å². The van der Waals surface area contributed by atoms with Crippen LogP contribution in [0.25, 0.3) is 0 Å². The molecule has 0 N–H and O–H groups in total. The summed E-state index contributed by atoms with van der Waals surface area (Å²) in [6.07, 6.45) is 1.46. The van der Waals surface area contributed by atoms with Crippen LogP contribution in [-0.4, -0.2) is 64.9 Å². The van der Waals surface area contributed by atoms with Crippen LogP contribution >= 0.6 is 0 Å². The highest BCUT2D eigenvalue weighted by molar-refractivity contribution is 5.76. The minimum Gasteiger partial charge on any atom is -0.359 e.